The molecule has 1 aliphatic carbocycles. The summed E-state index contributed by atoms with van der Waals surface area (Å²) in [6.45, 7) is 10.9. The van der Waals surface area contributed by atoms with Crippen molar-refractivity contribution < 1.29 is 9.90 Å². The van der Waals surface area contributed by atoms with E-state index in [4.69, 9.17) is 5.11 Å². The number of hydrogen-bond acceptors (Lipinski definition) is 1. The van der Waals surface area contributed by atoms with Crippen molar-refractivity contribution in [1.82, 2.24) is 0 Å². The summed E-state index contributed by atoms with van der Waals surface area (Å²) in [7, 11) is 0. The maximum Gasteiger partial charge on any atom is 0.327 e. The summed E-state index contributed by atoms with van der Waals surface area (Å²) in [6.07, 6.45) is 9.72. The van der Waals surface area contributed by atoms with Gasteiger partial charge < -0.3 is 5.11 Å². The molecule has 18 heavy (non-hydrogen) atoms. The summed E-state index contributed by atoms with van der Waals surface area (Å²) in [6, 6.07) is 0. The molecule has 2 nitrogen and oxygen atoms in total. The van der Waals surface area contributed by atoms with E-state index >= 15 is 0 Å². The number of allylic oxidation sites excluding steroid dienone is 5. The van der Waals surface area contributed by atoms with Gasteiger partial charge in [-0.1, -0.05) is 58.9 Å². The van der Waals surface area contributed by atoms with Gasteiger partial charge >= 0.3 is 5.97 Å². The monoisotopic (exact) mass is 248 g/mol. The minimum Gasteiger partial charge on any atom is -0.478 e. The molecule has 2 atom stereocenters. The van der Waals surface area contributed by atoms with Gasteiger partial charge in [-0.2, -0.15) is 0 Å². The summed E-state index contributed by atoms with van der Waals surface area (Å²) in [5, 5.41) is 8.80. The van der Waals surface area contributed by atoms with E-state index < -0.39 is 5.97 Å². The highest BCUT2D eigenvalue weighted by atomic mass is 16.4. The van der Waals surface area contributed by atoms with E-state index in [-0.39, 0.29) is 11.3 Å². The first-order valence-electron chi connectivity index (χ1n) is 6.59. The first-order valence-corrected chi connectivity index (χ1v) is 6.59. The van der Waals surface area contributed by atoms with Gasteiger partial charge in [0.25, 0.3) is 0 Å². The Morgan fingerprint density at radius 2 is 2.00 bits per heavy atom. The first-order chi connectivity index (χ1) is 8.27. The summed E-state index contributed by atoms with van der Waals surface area (Å²) in [5.74, 6) is 0.201. The molecule has 0 fully saturated rings. The fraction of sp³-hybridized carbons (Fsp3) is 0.562. The van der Waals surface area contributed by atoms with Crippen molar-refractivity contribution in [3.63, 3.8) is 0 Å². The van der Waals surface area contributed by atoms with Gasteiger partial charge in [-0.15, -0.1) is 0 Å². The third kappa shape index (κ3) is 3.12. The van der Waals surface area contributed by atoms with Gasteiger partial charge in [-0.25, -0.2) is 4.79 Å². The molecule has 2 unspecified atom stereocenters. The van der Waals surface area contributed by atoms with E-state index in [1.807, 2.05) is 6.08 Å². The third-order valence-electron chi connectivity index (χ3n) is 4.08. The molecule has 0 aromatic heterocycles. The molecule has 0 radical (unpaired) electrons. The molecule has 0 saturated carbocycles. The van der Waals surface area contributed by atoms with E-state index in [2.05, 4.69) is 52.8 Å². The number of carboxylic acid groups (broad SMARTS) is 1. The van der Waals surface area contributed by atoms with Crippen LogP contribution in [0.4, 0.5) is 0 Å². The predicted molar refractivity (Wildman–Crippen MR) is 75.3 cm³/mol. The summed E-state index contributed by atoms with van der Waals surface area (Å²) in [4.78, 5) is 10.7. The van der Waals surface area contributed by atoms with Crippen LogP contribution in [0, 0.1) is 23.2 Å². The lowest BCUT2D eigenvalue weighted by atomic mass is 9.65. The van der Waals surface area contributed by atoms with Crippen LogP contribution in [0.1, 0.15) is 34.6 Å². The molecular weight excluding hydrogens is 224 g/mol. The quantitative estimate of drug-likeness (QED) is 0.762. The Morgan fingerprint density at radius 1 is 1.39 bits per heavy atom. The molecule has 0 saturated heterocycles. The minimum atomic E-state index is -0.879. The Bertz CT molecular complexity index is 399. The zero-order valence-corrected chi connectivity index (χ0v) is 12.0. The Kier molecular flexibility index (Phi) is 4.55. The largest absolute Gasteiger partial charge is 0.478 e. The average molecular weight is 248 g/mol. The van der Waals surface area contributed by atoms with Crippen LogP contribution in [0.2, 0.25) is 0 Å². The van der Waals surface area contributed by atoms with Crippen molar-refractivity contribution in [2.45, 2.75) is 34.6 Å². The van der Waals surface area contributed by atoms with E-state index in [1.54, 1.807) is 0 Å². The molecule has 2 heteroatoms. The van der Waals surface area contributed by atoms with Gasteiger partial charge in [0, 0.05) is 12.0 Å². The SMILES string of the molecule is CC(C)C1=CC(/C=C/C(=O)O)C(C)(C(C)C)C=C1. The van der Waals surface area contributed by atoms with Crippen LogP contribution in [0.25, 0.3) is 0 Å². The van der Waals surface area contributed by atoms with Crippen molar-refractivity contribution in [3.8, 4) is 0 Å². The number of carbonyl (C=O) groups is 1. The summed E-state index contributed by atoms with van der Waals surface area (Å²) < 4.78 is 0. The van der Waals surface area contributed by atoms with Crippen LogP contribution in [-0.4, -0.2) is 11.1 Å². The summed E-state index contributed by atoms with van der Waals surface area (Å²) in [5.41, 5.74) is 1.28. The average Bonchev–Trinajstić information content (AvgIpc) is 2.27. The maximum absolute atomic E-state index is 10.7. The fourth-order valence-corrected chi connectivity index (χ4v) is 2.24. The van der Waals surface area contributed by atoms with Crippen molar-refractivity contribution in [2.24, 2.45) is 23.2 Å². The van der Waals surface area contributed by atoms with Gasteiger partial charge in [-0.3, -0.25) is 0 Å². The molecular formula is C16H24O2. The highest BCUT2D eigenvalue weighted by Gasteiger charge is 2.34. The zero-order chi connectivity index (χ0) is 13.9. The van der Waals surface area contributed by atoms with E-state index in [0.717, 1.165) is 0 Å². The number of carboxylic acids is 1. The lowest BCUT2D eigenvalue weighted by Crippen LogP contribution is -2.31. The van der Waals surface area contributed by atoms with E-state index in [1.165, 1.54) is 11.6 Å². The third-order valence-corrected chi connectivity index (χ3v) is 4.08. The zero-order valence-electron chi connectivity index (χ0n) is 12.0. The Balaban J connectivity index is 3.10. The molecule has 0 aromatic rings. The second-order valence-electron chi connectivity index (χ2n) is 5.90. The standard InChI is InChI=1S/C16H24O2/c1-11(2)13-8-9-16(5,12(3)4)14(10-13)6-7-15(17)18/h6-12,14H,1-5H3,(H,17,18)/b7-6+. The molecule has 1 aliphatic rings. The molecule has 1 N–H and O–H groups in total. The fourth-order valence-electron chi connectivity index (χ4n) is 2.24. The van der Waals surface area contributed by atoms with E-state index in [9.17, 15) is 4.79 Å². The molecule has 0 heterocycles. The number of aliphatic carboxylic acids is 1. The maximum atomic E-state index is 10.7. The van der Waals surface area contributed by atoms with Crippen LogP contribution < -0.4 is 0 Å². The van der Waals surface area contributed by atoms with Gasteiger partial charge in [0.1, 0.15) is 0 Å². The van der Waals surface area contributed by atoms with Crippen LogP contribution in [-0.2, 0) is 4.79 Å². The second kappa shape index (κ2) is 5.55. The van der Waals surface area contributed by atoms with Crippen LogP contribution in [0.15, 0.2) is 36.0 Å². The molecule has 0 amide bonds. The first kappa shape index (κ1) is 14.7. The highest BCUT2D eigenvalue weighted by Crippen LogP contribution is 2.43. The molecule has 0 aliphatic heterocycles. The predicted octanol–water partition coefficient (Wildman–Crippen LogP) is 4.06. The number of rotatable bonds is 4. The smallest absolute Gasteiger partial charge is 0.327 e. The van der Waals surface area contributed by atoms with Crippen LogP contribution in [0.5, 0.6) is 0 Å². The van der Waals surface area contributed by atoms with Crippen molar-refractivity contribution in [3.05, 3.63) is 36.0 Å². The van der Waals surface area contributed by atoms with Crippen LogP contribution >= 0.6 is 0 Å². The van der Waals surface area contributed by atoms with Gasteiger partial charge in [0.2, 0.25) is 0 Å². The second-order valence-corrected chi connectivity index (χ2v) is 5.90. The molecule has 1 rings (SSSR count). The molecule has 0 spiro atoms. The lowest BCUT2D eigenvalue weighted by Gasteiger charge is -2.39. The molecule has 100 valence electrons. The van der Waals surface area contributed by atoms with Crippen LogP contribution in [0.3, 0.4) is 0 Å². The Labute approximate surface area is 110 Å². The highest BCUT2D eigenvalue weighted by molar-refractivity contribution is 5.79. The Morgan fingerprint density at radius 3 is 2.44 bits per heavy atom. The van der Waals surface area contributed by atoms with E-state index in [0.29, 0.717) is 11.8 Å². The minimum absolute atomic E-state index is 0.00958. The van der Waals surface area contributed by atoms with Gasteiger partial charge in [0.05, 0.1) is 0 Å². The molecule has 0 bridgehead atoms. The van der Waals surface area contributed by atoms with Crippen molar-refractivity contribution in [1.29, 1.82) is 0 Å². The van der Waals surface area contributed by atoms with Gasteiger partial charge in [0.15, 0.2) is 0 Å². The lowest BCUT2D eigenvalue weighted by molar-refractivity contribution is -0.131. The van der Waals surface area contributed by atoms with Crippen molar-refractivity contribution in [2.75, 3.05) is 0 Å². The topological polar surface area (TPSA) is 37.3 Å². The summed E-state index contributed by atoms with van der Waals surface area (Å²) >= 11 is 0. The number of hydrogen-bond donors (Lipinski definition) is 1. The molecule has 0 aromatic carbocycles. The Hall–Kier alpha value is -1.31. The van der Waals surface area contributed by atoms with Crippen molar-refractivity contribution >= 4 is 5.97 Å². The normalized spacial score (nSPS) is 28.2. The van der Waals surface area contributed by atoms with Gasteiger partial charge in [-0.05, 0) is 22.8 Å².